The fourth-order valence-electron chi connectivity index (χ4n) is 3.03. The summed E-state index contributed by atoms with van der Waals surface area (Å²) in [5, 5.41) is 2.77. The van der Waals surface area contributed by atoms with Crippen molar-refractivity contribution in [2.24, 2.45) is 0 Å². The lowest BCUT2D eigenvalue weighted by molar-refractivity contribution is 0.208. The van der Waals surface area contributed by atoms with Gasteiger partial charge >= 0.3 is 6.03 Å². The number of carbonyl (C=O) groups excluding carboxylic acids is 1. The van der Waals surface area contributed by atoms with E-state index in [1.807, 2.05) is 0 Å². The highest BCUT2D eigenvalue weighted by Crippen LogP contribution is 2.30. The van der Waals surface area contributed by atoms with Crippen LogP contribution < -0.4 is 19.7 Å². The van der Waals surface area contributed by atoms with Gasteiger partial charge in [-0.3, -0.25) is 0 Å². The van der Waals surface area contributed by atoms with Crippen molar-refractivity contribution in [2.45, 2.75) is 0 Å². The van der Waals surface area contributed by atoms with Gasteiger partial charge in [0.1, 0.15) is 0 Å². The highest BCUT2D eigenvalue weighted by Gasteiger charge is 2.25. The van der Waals surface area contributed by atoms with E-state index in [1.54, 1.807) is 28.0 Å². The van der Waals surface area contributed by atoms with Crippen LogP contribution in [0.5, 0.6) is 11.5 Å². The summed E-state index contributed by atoms with van der Waals surface area (Å²) in [7, 11) is 3.02. The molecule has 1 fully saturated rings. The molecule has 1 heterocycles. The number of nitrogens with one attached hydrogen (secondary N) is 1. The van der Waals surface area contributed by atoms with E-state index >= 15 is 0 Å². The fourth-order valence-corrected chi connectivity index (χ4v) is 3.03. The molecule has 0 radical (unpaired) electrons. The van der Waals surface area contributed by atoms with Gasteiger partial charge in [-0.1, -0.05) is 0 Å². The highest BCUT2D eigenvalue weighted by molar-refractivity contribution is 5.90. The molecule has 0 unspecified atom stereocenters. The summed E-state index contributed by atoms with van der Waals surface area (Å²) < 4.78 is 50.8. The first-order valence-electron chi connectivity index (χ1n) is 8.61. The normalized spacial score (nSPS) is 14.0. The van der Waals surface area contributed by atoms with Crippen molar-refractivity contribution in [1.82, 2.24) is 4.90 Å². The van der Waals surface area contributed by atoms with Crippen molar-refractivity contribution in [1.29, 1.82) is 0 Å². The first-order valence-corrected chi connectivity index (χ1v) is 8.61. The van der Waals surface area contributed by atoms with Crippen molar-refractivity contribution in [2.75, 3.05) is 50.6 Å². The van der Waals surface area contributed by atoms with Crippen LogP contribution in [-0.2, 0) is 0 Å². The van der Waals surface area contributed by atoms with Crippen LogP contribution in [0.1, 0.15) is 0 Å². The minimum atomic E-state index is -1.49. The first kappa shape index (κ1) is 19.7. The molecular weight excluding hydrogens is 375 g/mol. The Morgan fingerprint density at radius 1 is 0.929 bits per heavy atom. The van der Waals surface area contributed by atoms with Crippen LogP contribution >= 0.6 is 0 Å². The smallest absolute Gasteiger partial charge is 0.321 e. The Labute approximate surface area is 160 Å². The van der Waals surface area contributed by atoms with Gasteiger partial charge in [0.2, 0.25) is 0 Å². The molecule has 2 aromatic rings. The third kappa shape index (κ3) is 3.92. The lowest BCUT2D eigenvalue weighted by Crippen LogP contribution is -2.50. The third-order valence-corrected chi connectivity index (χ3v) is 4.56. The zero-order valence-corrected chi connectivity index (χ0v) is 15.5. The van der Waals surface area contributed by atoms with Crippen molar-refractivity contribution < 1.29 is 27.4 Å². The van der Waals surface area contributed by atoms with E-state index in [-0.39, 0.29) is 11.7 Å². The number of rotatable bonds is 4. The quantitative estimate of drug-likeness (QED) is 0.806. The lowest BCUT2D eigenvalue weighted by Gasteiger charge is -2.36. The zero-order chi connectivity index (χ0) is 20.3. The van der Waals surface area contributed by atoms with Gasteiger partial charge < -0.3 is 24.6 Å². The van der Waals surface area contributed by atoms with Gasteiger partial charge in [-0.2, -0.15) is 0 Å². The molecule has 0 bridgehead atoms. The van der Waals surface area contributed by atoms with Crippen LogP contribution in [-0.4, -0.2) is 51.3 Å². The summed E-state index contributed by atoms with van der Waals surface area (Å²) in [5.41, 5.74) is 0.524. The molecule has 1 aliphatic heterocycles. The average molecular weight is 395 g/mol. The molecule has 0 aromatic heterocycles. The maximum Gasteiger partial charge on any atom is 0.321 e. The van der Waals surface area contributed by atoms with Gasteiger partial charge in [0.05, 0.1) is 19.9 Å². The SMILES string of the molecule is COc1ccc(NC(=O)N2CCN(c3ccc(F)c(F)c3F)CC2)cc1OC. The molecule has 0 saturated carbocycles. The van der Waals surface area contributed by atoms with E-state index in [4.69, 9.17) is 9.47 Å². The number of benzene rings is 2. The van der Waals surface area contributed by atoms with Crippen LogP contribution in [0.3, 0.4) is 0 Å². The van der Waals surface area contributed by atoms with E-state index < -0.39 is 17.5 Å². The van der Waals surface area contributed by atoms with E-state index in [9.17, 15) is 18.0 Å². The average Bonchev–Trinajstić information content (AvgIpc) is 2.72. The number of methoxy groups -OCH3 is 2. The largest absolute Gasteiger partial charge is 0.493 e. The maximum atomic E-state index is 14.0. The molecule has 0 spiro atoms. The predicted molar refractivity (Wildman–Crippen MR) is 98.7 cm³/mol. The standard InChI is InChI=1S/C19H20F3N3O3/c1-27-15-6-3-12(11-16(15)28-2)23-19(26)25-9-7-24(8-10-25)14-5-4-13(20)17(21)18(14)22/h3-6,11H,7-10H2,1-2H3,(H,23,26). The first-order chi connectivity index (χ1) is 13.4. The fraction of sp³-hybridized carbons (Fsp3) is 0.316. The van der Waals surface area contributed by atoms with Gasteiger partial charge in [0.15, 0.2) is 29.0 Å². The second kappa shape index (κ2) is 8.28. The number of hydrogen-bond acceptors (Lipinski definition) is 4. The Hall–Kier alpha value is -3.10. The predicted octanol–water partition coefficient (Wildman–Crippen LogP) is 3.48. The molecule has 1 N–H and O–H groups in total. The Balaban J connectivity index is 1.62. The molecule has 2 aromatic carbocycles. The van der Waals surface area contributed by atoms with Gasteiger partial charge in [0, 0.05) is 37.9 Å². The van der Waals surface area contributed by atoms with Gasteiger partial charge in [-0.05, 0) is 24.3 Å². The van der Waals surface area contributed by atoms with Crippen LogP contribution in [0.15, 0.2) is 30.3 Å². The lowest BCUT2D eigenvalue weighted by atomic mass is 10.2. The molecular formula is C19H20F3N3O3. The van der Waals surface area contributed by atoms with Gasteiger partial charge in [-0.25, -0.2) is 18.0 Å². The van der Waals surface area contributed by atoms with Crippen LogP contribution in [0, 0.1) is 17.5 Å². The van der Waals surface area contributed by atoms with E-state index in [1.165, 1.54) is 20.3 Å². The number of urea groups is 1. The monoisotopic (exact) mass is 395 g/mol. The minimum absolute atomic E-state index is 0.0150. The van der Waals surface area contributed by atoms with E-state index in [2.05, 4.69) is 5.32 Å². The Morgan fingerprint density at radius 2 is 1.61 bits per heavy atom. The van der Waals surface area contributed by atoms with E-state index in [0.717, 1.165) is 6.07 Å². The number of nitrogens with zero attached hydrogens (tertiary/aromatic N) is 2. The molecule has 1 saturated heterocycles. The van der Waals surface area contributed by atoms with Crippen molar-refractivity contribution in [3.05, 3.63) is 47.8 Å². The molecule has 2 amide bonds. The van der Waals surface area contributed by atoms with Gasteiger partial charge in [0.25, 0.3) is 0 Å². The second-order valence-electron chi connectivity index (χ2n) is 6.17. The number of piperazine rings is 1. The number of carbonyl (C=O) groups is 1. The summed E-state index contributed by atoms with van der Waals surface area (Å²) in [4.78, 5) is 15.6. The minimum Gasteiger partial charge on any atom is -0.493 e. The highest BCUT2D eigenvalue weighted by atomic mass is 19.2. The molecule has 9 heteroatoms. The Kier molecular flexibility index (Phi) is 5.81. The molecule has 3 rings (SSSR count). The summed E-state index contributed by atoms with van der Waals surface area (Å²) in [6, 6.07) is 6.78. The second-order valence-corrected chi connectivity index (χ2v) is 6.17. The number of hydrogen-bond donors (Lipinski definition) is 1. The van der Waals surface area contributed by atoms with Gasteiger partial charge in [-0.15, -0.1) is 0 Å². The van der Waals surface area contributed by atoms with Crippen molar-refractivity contribution in [3.8, 4) is 11.5 Å². The molecule has 6 nitrogen and oxygen atoms in total. The molecule has 0 atom stereocenters. The van der Waals surface area contributed by atoms with Crippen molar-refractivity contribution in [3.63, 3.8) is 0 Å². The van der Waals surface area contributed by atoms with E-state index in [0.29, 0.717) is 43.4 Å². The molecule has 1 aliphatic rings. The van der Waals surface area contributed by atoms with Crippen molar-refractivity contribution >= 4 is 17.4 Å². The van der Waals surface area contributed by atoms with Crippen LogP contribution in [0.2, 0.25) is 0 Å². The topological polar surface area (TPSA) is 54.0 Å². The van der Waals surface area contributed by atoms with Crippen LogP contribution in [0.4, 0.5) is 29.3 Å². The third-order valence-electron chi connectivity index (χ3n) is 4.56. The number of anilines is 2. The molecule has 28 heavy (non-hydrogen) atoms. The molecule has 0 aliphatic carbocycles. The zero-order valence-electron chi connectivity index (χ0n) is 15.5. The summed E-state index contributed by atoms with van der Waals surface area (Å²) in [6.45, 7) is 1.19. The summed E-state index contributed by atoms with van der Waals surface area (Å²) in [5.74, 6) is -2.91. The van der Waals surface area contributed by atoms with Crippen LogP contribution in [0.25, 0.3) is 0 Å². The molecule has 150 valence electrons. The Bertz CT molecular complexity index is 871. The summed E-state index contributed by atoms with van der Waals surface area (Å²) >= 11 is 0. The summed E-state index contributed by atoms with van der Waals surface area (Å²) in [6.07, 6.45) is 0. The number of halogens is 3. The maximum absolute atomic E-state index is 14.0. The number of ether oxygens (including phenoxy) is 2. The number of amides is 2. The Morgan fingerprint density at radius 3 is 2.25 bits per heavy atom.